The summed E-state index contributed by atoms with van der Waals surface area (Å²) in [6, 6.07) is 7.03. The minimum Gasteiger partial charge on any atom is -0.316 e. The molecule has 96 valence electrons. The molecule has 1 aromatic heterocycles. The smallest absolute Gasteiger partial charge is 0.316 e. The Kier molecular flexibility index (Phi) is 3.33. The van der Waals surface area contributed by atoms with E-state index in [0.717, 1.165) is 16.4 Å². The van der Waals surface area contributed by atoms with Crippen molar-refractivity contribution in [3.8, 4) is 5.69 Å². The summed E-state index contributed by atoms with van der Waals surface area (Å²) in [5.41, 5.74) is 0.581. The lowest BCUT2D eigenvalue weighted by Gasteiger charge is -2.03. The largest absolute Gasteiger partial charge is 0.436 e. The number of rotatable bonds is 3. The SMILES string of the molecule is CNCc1ccc(-n2cc(C(F)(F)F)nn2)cc1. The van der Waals surface area contributed by atoms with Gasteiger partial charge in [-0.1, -0.05) is 17.3 Å². The van der Waals surface area contributed by atoms with Gasteiger partial charge in [-0.05, 0) is 24.7 Å². The van der Waals surface area contributed by atoms with Crippen molar-refractivity contribution < 1.29 is 13.2 Å². The van der Waals surface area contributed by atoms with Crippen LogP contribution in [-0.2, 0) is 12.7 Å². The van der Waals surface area contributed by atoms with Gasteiger partial charge in [0.2, 0.25) is 0 Å². The number of alkyl halides is 3. The predicted molar refractivity (Wildman–Crippen MR) is 59.1 cm³/mol. The van der Waals surface area contributed by atoms with Crippen LogP contribution in [0.15, 0.2) is 30.5 Å². The molecule has 18 heavy (non-hydrogen) atoms. The number of nitrogens with one attached hydrogen (secondary N) is 1. The highest BCUT2D eigenvalue weighted by Gasteiger charge is 2.34. The normalized spacial score (nSPS) is 11.8. The number of benzene rings is 1. The minimum atomic E-state index is -4.47. The van der Waals surface area contributed by atoms with Crippen LogP contribution in [0.3, 0.4) is 0 Å². The highest BCUT2D eigenvalue weighted by atomic mass is 19.4. The Morgan fingerprint density at radius 2 is 1.89 bits per heavy atom. The topological polar surface area (TPSA) is 42.7 Å². The van der Waals surface area contributed by atoms with E-state index in [9.17, 15) is 13.2 Å². The van der Waals surface area contributed by atoms with Gasteiger partial charge in [-0.2, -0.15) is 13.2 Å². The van der Waals surface area contributed by atoms with Crippen LogP contribution < -0.4 is 5.32 Å². The molecule has 0 amide bonds. The lowest BCUT2D eigenvalue weighted by molar-refractivity contribution is -0.141. The zero-order valence-corrected chi connectivity index (χ0v) is 9.57. The third-order valence-electron chi connectivity index (χ3n) is 2.37. The molecule has 0 aliphatic heterocycles. The molecule has 0 radical (unpaired) electrons. The van der Waals surface area contributed by atoms with E-state index in [2.05, 4.69) is 15.6 Å². The van der Waals surface area contributed by atoms with Gasteiger partial charge in [-0.25, -0.2) is 4.68 Å². The number of nitrogens with zero attached hydrogens (tertiary/aromatic N) is 3. The molecule has 2 aromatic rings. The maximum absolute atomic E-state index is 12.4. The molecule has 0 aliphatic rings. The Labute approximate surface area is 101 Å². The van der Waals surface area contributed by atoms with Gasteiger partial charge in [-0.3, -0.25) is 0 Å². The third kappa shape index (κ3) is 2.67. The number of aromatic nitrogens is 3. The molecule has 1 N–H and O–H groups in total. The fraction of sp³-hybridized carbons (Fsp3) is 0.273. The second-order valence-electron chi connectivity index (χ2n) is 3.74. The minimum absolute atomic E-state index is 0.540. The van der Waals surface area contributed by atoms with Gasteiger partial charge >= 0.3 is 6.18 Å². The van der Waals surface area contributed by atoms with Crippen molar-refractivity contribution in [1.82, 2.24) is 20.3 Å². The van der Waals surface area contributed by atoms with Crippen molar-refractivity contribution in [3.05, 3.63) is 41.7 Å². The number of hydrogen-bond donors (Lipinski definition) is 1. The summed E-state index contributed by atoms with van der Waals surface area (Å²) in [7, 11) is 1.82. The fourth-order valence-electron chi connectivity index (χ4n) is 1.49. The summed E-state index contributed by atoms with van der Waals surface area (Å²) in [4.78, 5) is 0. The van der Waals surface area contributed by atoms with E-state index in [-0.39, 0.29) is 0 Å². The van der Waals surface area contributed by atoms with Gasteiger partial charge in [-0.15, -0.1) is 5.10 Å². The monoisotopic (exact) mass is 256 g/mol. The Morgan fingerprint density at radius 3 is 2.39 bits per heavy atom. The first-order valence-electron chi connectivity index (χ1n) is 5.24. The number of hydrogen-bond acceptors (Lipinski definition) is 3. The zero-order valence-electron chi connectivity index (χ0n) is 9.57. The van der Waals surface area contributed by atoms with E-state index in [1.165, 1.54) is 0 Å². The first-order valence-corrected chi connectivity index (χ1v) is 5.24. The Morgan fingerprint density at radius 1 is 1.22 bits per heavy atom. The molecule has 0 saturated carbocycles. The second-order valence-corrected chi connectivity index (χ2v) is 3.74. The van der Waals surface area contributed by atoms with Crippen molar-refractivity contribution >= 4 is 0 Å². The summed E-state index contributed by atoms with van der Waals surface area (Å²) in [6.07, 6.45) is -3.60. The standard InChI is InChI=1S/C11H11F3N4/c1-15-6-8-2-4-9(5-3-8)18-7-10(16-17-18)11(12,13)14/h2-5,7,15H,6H2,1H3. The molecule has 0 bridgehead atoms. The molecule has 4 nitrogen and oxygen atoms in total. The maximum atomic E-state index is 12.4. The second kappa shape index (κ2) is 4.77. The molecule has 1 heterocycles. The summed E-state index contributed by atoms with van der Waals surface area (Å²) < 4.78 is 38.2. The maximum Gasteiger partial charge on any atom is 0.436 e. The highest BCUT2D eigenvalue weighted by molar-refractivity contribution is 5.33. The summed E-state index contributed by atoms with van der Waals surface area (Å²) in [6.45, 7) is 0.700. The Hall–Kier alpha value is -1.89. The first kappa shape index (κ1) is 12.6. The van der Waals surface area contributed by atoms with Crippen molar-refractivity contribution in [2.24, 2.45) is 0 Å². The van der Waals surface area contributed by atoms with Gasteiger partial charge in [0.05, 0.1) is 11.9 Å². The van der Waals surface area contributed by atoms with Crippen LogP contribution in [-0.4, -0.2) is 22.0 Å². The molecular formula is C11H11F3N4. The van der Waals surface area contributed by atoms with Crippen molar-refractivity contribution in [1.29, 1.82) is 0 Å². The summed E-state index contributed by atoms with van der Waals surface area (Å²) in [5, 5.41) is 9.54. The molecule has 0 aliphatic carbocycles. The van der Waals surface area contributed by atoms with Gasteiger partial charge < -0.3 is 5.32 Å². The fourth-order valence-corrected chi connectivity index (χ4v) is 1.49. The first-order chi connectivity index (χ1) is 8.50. The van der Waals surface area contributed by atoms with E-state index in [0.29, 0.717) is 12.2 Å². The Balaban J connectivity index is 2.23. The molecule has 0 spiro atoms. The Bertz CT molecular complexity index is 516. The van der Waals surface area contributed by atoms with E-state index in [4.69, 9.17) is 0 Å². The molecule has 2 rings (SSSR count). The van der Waals surface area contributed by atoms with Crippen LogP contribution in [0, 0.1) is 0 Å². The van der Waals surface area contributed by atoms with Crippen LogP contribution in [0.5, 0.6) is 0 Å². The van der Waals surface area contributed by atoms with Crippen LogP contribution in [0.1, 0.15) is 11.3 Å². The molecule has 0 atom stereocenters. The van der Waals surface area contributed by atoms with Gasteiger partial charge in [0.25, 0.3) is 0 Å². The van der Waals surface area contributed by atoms with Crippen LogP contribution in [0.25, 0.3) is 5.69 Å². The van der Waals surface area contributed by atoms with Crippen LogP contribution >= 0.6 is 0 Å². The van der Waals surface area contributed by atoms with E-state index in [1.54, 1.807) is 12.1 Å². The average molecular weight is 256 g/mol. The summed E-state index contributed by atoms with van der Waals surface area (Å²) >= 11 is 0. The molecule has 0 fully saturated rings. The average Bonchev–Trinajstić information content (AvgIpc) is 2.79. The predicted octanol–water partition coefficient (Wildman–Crippen LogP) is 2.01. The van der Waals surface area contributed by atoms with Gasteiger partial charge in [0.1, 0.15) is 0 Å². The molecular weight excluding hydrogens is 245 g/mol. The van der Waals surface area contributed by atoms with E-state index < -0.39 is 11.9 Å². The van der Waals surface area contributed by atoms with E-state index in [1.807, 2.05) is 19.2 Å². The quantitative estimate of drug-likeness (QED) is 0.913. The number of halogens is 3. The molecule has 0 saturated heterocycles. The lowest BCUT2D eigenvalue weighted by atomic mass is 10.2. The van der Waals surface area contributed by atoms with Crippen molar-refractivity contribution in [3.63, 3.8) is 0 Å². The molecule has 1 aromatic carbocycles. The van der Waals surface area contributed by atoms with Crippen molar-refractivity contribution in [2.75, 3.05) is 7.05 Å². The van der Waals surface area contributed by atoms with Crippen molar-refractivity contribution in [2.45, 2.75) is 12.7 Å². The van der Waals surface area contributed by atoms with Crippen LogP contribution in [0.2, 0.25) is 0 Å². The van der Waals surface area contributed by atoms with E-state index >= 15 is 0 Å². The summed E-state index contributed by atoms with van der Waals surface area (Å²) in [5.74, 6) is 0. The molecule has 7 heteroatoms. The lowest BCUT2D eigenvalue weighted by Crippen LogP contribution is -2.05. The highest BCUT2D eigenvalue weighted by Crippen LogP contribution is 2.27. The van der Waals surface area contributed by atoms with Crippen LogP contribution in [0.4, 0.5) is 13.2 Å². The molecule has 0 unspecified atom stereocenters. The zero-order chi connectivity index (χ0) is 13.2. The van der Waals surface area contributed by atoms with Gasteiger partial charge in [0, 0.05) is 6.54 Å². The third-order valence-corrected chi connectivity index (χ3v) is 2.37. The van der Waals surface area contributed by atoms with Gasteiger partial charge in [0.15, 0.2) is 5.69 Å².